The average Bonchev–Trinajstić information content (AvgIpc) is 2.98. The number of unbranched alkanes of at least 4 members (excludes halogenated alkanes) is 6. The van der Waals surface area contributed by atoms with E-state index in [1.54, 1.807) is 0 Å². The molecule has 1 fully saturated rings. The predicted molar refractivity (Wildman–Crippen MR) is 111 cm³/mol. The average molecular weight is 389 g/mol. The van der Waals surface area contributed by atoms with Gasteiger partial charge in [0.1, 0.15) is 5.75 Å². The fourth-order valence-electron chi connectivity index (χ4n) is 5.42. The number of ether oxygens (including phenoxy) is 1. The molecule has 0 heterocycles. The molecule has 28 heavy (non-hydrogen) atoms. The molecule has 4 heteroatoms. The quantitative estimate of drug-likeness (QED) is 0.523. The fraction of sp³-hybridized carbons (Fsp3) is 0.708. The van der Waals surface area contributed by atoms with Gasteiger partial charge in [0.05, 0.1) is 6.10 Å². The van der Waals surface area contributed by atoms with Gasteiger partial charge in [-0.3, -0.25) is 0 Å². The summed E-state index contributed by atoms with van der Waals surface area (Å²) in [6.07, 6.45) is 12.9. The summed E-state index contributed by atoms with van der Waals surface area (Å²) in [5.41, 5.74) is 2.44. The van der Waals surface area contributed by atoms with E-state index >= 15 is 0 Å². The van der Waals surface area contributed by atoms with Crippen LogP contribution in [0.2, 0.25) is 0 Å². The maximum absolute atomic E-state index is 10.8. The van der Waals surface area contributed by atoms with Gasteiger partial charge in [-0.05, 0) is 60.6 Å². The van der Waals surface area contributed by atoms with Crippen molar-refractivity contribution in [1.82, 2.24) is 0 Å². The third kappa shape index (κ3) is 5.28. The second-order valence-electron chi connectivity index (χ2n) is 8.79. The SMILES string of the molecule is CCCCCCCCCC1[C@H](O)C[C@@H]2Cc3c(cccc3OCC(=O)O)C[C@H]12. The minimum absolute atomic E-state index is 0.187. The Morgan fingerprint density at radius 1 is 1.11 bits per heavy atom. The first-order valence-electron chi connectivity index (χ1n) is 11.2. The molecule has 0 bridgehead atoms. The molecule has 4 nitrogen and oxygen atoms in total. The molecule has 0 aliphatic heterocycles. The molecule has 2 aliphatic carbocycles. The van der Waals surface area contributed by atoms with Gasteiger partial charge in [0.25, 0.3) is 0 Å². The zero-order valence-electron chi connectivity index (χ0n) is 17.2. The molecule has 0 amide bonds. The van der Waals surface area contributed by atoms with E-state index in [1.165, 1.54) is 50.5 Å². The van der Waals surface area contributed by atoms with Crippen LogP contribution in [-0.4, -0.2) is 28.9 Å². The lowest BCUT2D eigenvalue weighted by Gasteiger charge is -2.32. The van der Waals surface area contributed by atoms with Gasteiger partial charge in [-0.25, -0.2) is 4.79 Å². The van der Waals surface area contributed by atoms with Crippen LogP contribution in [-0.2, 0) is 17.6 Å². The van der Waals surface area contributed by atoms with Crippen molar-refractivity contribution in [2.75, 3.05) is 6.61 Å². The number of carbonyl (C=O) groups is 1. The molecule has 0 saturated heterocycles. The van der Waals surface area contributed by atoms with Gasteiger partial charge >= 0.3 is 5.97 Å². The van der Waals surface area contributed by atoms with E-state index in [4.69, 9.17) is 9.84 Å². The number of aliphatic hydroxyl groups excluding tert-OH is 1. The summed E-state index contributed by atoms with van der Waals surface area (Å²) >= 11 is 0. The summed E-state index contributed by atoms with van der Waals surface area (Å²) in [4.78, 5) is 10.8. The first kappa shape index (κ1) is 21.2. The monoisotopic (exact) mass is 388 g/mol. The molecule has 156 valence electrons. The molecule has 1 aromatic rings. The number of fused-ring (bicyclic) bond motifs is 2. The second-order valence-corrected chi connectivity index (χ2v) is 8.79. The van der Waals surface area contributed by atoms with Gasteiger partial charge in [-0.15, -0.1) is 0 Å². The Balaban J connectivity index is 1.55. The van der Waals surface area contributed by atoms with Crippen LogP contribution in [0.25, 0.3) is 0 Å². The van der Waals surface area contributed by atoms with E-state index < -0.39 is 5.97 Å². The van der Waals surface area contributed by atoms with Crippen molar-refractivity contribution >= 4 is 5.97 Å². The molecular formula is C24H36O4. The number of aliphatic hydroxyl groups is 1. The zero-order valence-corrected chi connectivity index (χ0v) is 17.2. The fourth-order valence-corrected chi connectivity index (χ4v) is 5.42. The molecule has 2 N–H and O–H groups in total. The van der Waals surface area contributed by atoms with Crippen LogP contribution in [0.1, 0.15) is 75.8 Å². The van der Waals surface area contributed by atoms with Crippen molar-refractivity contribution in [3.05, 3.63) is 29.3 Å². The van der Waals surface area contributed by atoms with Gasteiger partial charge in [-0.2, -0.15) is 0 Å². The number of benzene rings is 1. The summed E-state index contributed by atoms with van der Waals surface area (Å²) in [7, 11) is 0. The first-order chi connectivity index (χ1) is 13.6. The van der Waals surface area contributed by atoms with Crippen LogP contribution >= 0.6 is 0 Å². The number of aliphatic carboxylic acids is 1. The number of hydrogen-bond acceptors (Lipinski definition) is 3. The lowest BCUT2D eigenvalue weighted by atomic mass is 9.73. The highest BCUT2D eigenvalue weighted by molar-refractivity contribution is 5.68. The van der Waals surface area contributed by atoms with Crippen LogP contribution in [0.3, 0.4) is 0 Å². The first-order valence-corrected chi connectivity index (χ1v) is 11.2. The Morgan fingerprint density at radius 2 is 1.86 bits per heavy atom. The van der Waals surface area contributed by atoms with Gasteiger partial charge < -0.3 is 14.9 Å². The minimum Gasteiger partial charge on any atom is -0.482 e. The predicted octanol–water partition coefficient (Wildman–Crippen LogP) is 5.00. The van der Waals surface area contributed by atoms with Crippen LogP contribution < -0.4 is 4.74 Å². The largest absolute Gasteiger partial charge is 0.482 e. The lowest BCUT2D eigenvalue weighted by molar-refractivity contribution is -0.139. The smallest absolute Gasteiger partial charge is 0.341 e. The summed E-state index contributed by atoms with van der Waals surface area (Å²) in [5, 5.41) is 19.6. The van der Waals surface area contributed by atoms with Crippen molar-refractivity contribution < 1.29 is 19.7 Å². The van der Waals surface area contributed by atoms with E-state index in [0.29, 0.717) is 23.5 Å². The van der Waals surface area contributed by atoms with Crippen LogP contribution in [0.4, 0.5) is 0 Å². The molecular weight excluding hydrogens is 352 g/mol. The van der Waals surface area contributed by atoms with Crippen molar-refractivity contribution in [3.63, 3.8) is 0 Å². The highest BCUT2D eigenvalue weighted by Gasteiger charge is 2.44. The molecule has 2 aliphatic rings. The molecule has 3 rings (SSSR count). The Hall–Kier alpha value is -1.55. The van der Waals surface area contributed by atoms with Gasteiger partial charge in [-0.1, -0.05) is 64.0 Å². The van der Waals surface area contributed by atoms with Crippen LogP contribution in [0.15, 0.2) is 18.2 Å². The lowest BCUT2D eigenvalue weighted by Crippen LogP contribution is -2.27. The molecule has 0 radical (unpaired) electrons. The molecule has 0 aromatic heterocycles. The van der Waals surface area contributed by atoms with Crippen molar-refractivity contribution in [3.8, 4) is 5.75 Å². The Kier molecular flexibility index (Phi) is 7.78. The molecule has 1 aromatic carbocycles. The third-order valence-corrected chi connectivity index (χ3v) is 6.84. The third-order valence-electron chi connectivity index (χ3n) is 6.84. The molecule has 4 atom stereocenters. The maximum Gasteiger partial charge on any atom is 0.341 e. The van der Waals surface area contributed by atoms with Gasteiger partial charge in [0.2, 0.25) is 0 Å². The van der Waals surface area contributed by atoms with Crippen LogP contribution in [0.5, 0.6) is 5.75 Å². The topological polar surface area (TPSA) is 66.8 Å². The van der Waals surface area contributed by atoms with Crippen molar-refractivity contribution in [1.29, 1.82) is 0 Å². The van der Waals surface area contributed by atoms with E-state index in [9.17, 15) is 9.90 Å². The van der Waals surface area contributed by atoms with E-state index in [1.807, 2.05) is 12.1 Å². The summed E-state index contributed by atoms with van der Waals surface area (Å²) in [6.45, 7) is 1.95. The zero-order chi connectivity index (χ0) is 19.9. The number of hydrogen-bond donors (Lipinski definition) is 2. The normalized spacial score (nSPS) is 25.9. The van der Waals surface area contributed by atoms with Crippen LogP contribution in [0, 0.1) is 17.8 Å². The van der Waals surface area contributed by atoms with E-state index in [2.05, 4.69) is 13.0 Å². The minimum atomic E-state index is -0.947. The summed E-state index contributed by atoms with van der Waals surface area (Å²) in [5.74, 6) is 1.22. The van der Waals surface area contributed by atoms with E-state index in [-0.39, 0.29) is 12.7 Å². The van der Waals surface area contributed by atoms with Crippen molar-refractivity contribution in [2.24, 2.45) is 17.8 Å². The Labute approximate surface area is 169 Å². The summed E-state index contributed by atoms with van der Waals surface area (Å²) in [6, 6.07) is 5.99. The van der Waals surface area contributed by atoms with Crippen molar-refractivity contribution in [2.45, 2.75) is 83.7 Å². The highest BCUT2D eigenvalue weighted by Crippen LogP contribution is 2.48. The Morgan fingerprint density at radius 3 is 2.61 bits per heavy atom. The Bertz CT molecular complexity index is 641. The summed E-state index contributed by atoms with van der Waals surface area (Å²) < 4.78 is 5.53. The maximum atomic E-state index is 10.8. The molecule has 0 spiro atoms. The second kappa shape index (κ2) is 10.3. The highest BCUT2D eigenvalue weighted by atomic mass is 16.5. The van der Waals surface area contributed by atoms with Gasteiger partial charge in [0, 0.05) is 0 Å². The molecule has 1 saturated carbocycles. The number of carboxylic acids is 1. The molecule has 1 unspecified atom stereocenters. The number of carboxylic acid groups (broad SMARTS) is 1. The standard InChI is InChI=1S/C24H36O4/c1-2-3-4-5-6-7-8-11-19-20-13-17-10-9-12-23(28-16-24(26)27)21(17)14-18(20)15-22(19)25/h9-10,12,18-20,22,25H,2-8,11,13-16H2,1H3,(H,26,27)/t18-,19?,20-,22+/m0/s1. The number of rotatable bonds is 11. The van der Waals surface area contributed by atoms with Gasteiger partial charge in [0.15, 0.2) is 6.61 Å². The van der Waals surface area contributed by atoms with E-state index in [0.717, 1.165) is 31.2 Å².